The summed E-state index contributed by atoms with van der Waals surface area (Å²) in [6.45, 7) is 0. The Kier molecular flexibility index (Phi) is 7.53. The summed E-state index contributed by atoms with van der Waals surface area (Å²) in [4.78, 5) is 15.8. The van der Waals surface area contributed by atoms with Crippen molar-refractivity contribution in [2.45, 2.75) is 5.37 Å². The molecule has 3 aromatic carbocycles. The van der Waals surface area contributed by atoms with Gasteiger partial charge < -0.3 is 14.2 Å². The maximum Gasteiger partial charge on any atom is 0.266 e. The second kappa shape index (κ2) is 10.4. The first-order chi connectivity index (χ1) is 16.4. The molecule has 1 atom stereocenters. The van der Waals surface area contributed by atoms with Crippen molar-refractivity contribution in [2.75, 3.05) is 26.2 Å². The van der Waals surface area contributed by atoms with Crippen molar-refractivity contribution in [3.63, 3.8) is 0 Å². The summed E-state index contributed by atoms with van der Waals surface area (Å²) < 4.78 is 16.5. The predicted molar refractivity (Wildman–Crippen MR) is 140 cm³/mol. The van der Waals surface area contributed by atoms with Gasteiger partial charge in [-0.15, -0.1) is 0 Å². The fraction of sp³-hybridized carbons (Fsp3) is 0.160. The maximum atomic E-state index is 13.7. The van der Waals surface area contributed by atoms with E-state index in [0.717, 1.165) is 11.1 Å². The Morgan fingerprint density at radius 2 is 1.47 bits per heavy atom. The highest BCUT2D eigenvalue weighted by molar-refractivity contribution is 8.05. The van der Waals surface area contributed by atoms with E-state index >= 15 is 0 Å². The topological polar surface area (TPSA) is 48.0 Å². The standard InChI is InChI=1S/C25H20Cl3NO4S/c1-31-20-10-15(11-21(32-2)23(20)33-3)25-29(19-13-17(27)16(26)12-18(19)28)24(30)22(34-25)9-14-7-5-4-6-8-14/h4-13,25H,1-3H3/b22-9-. The van der Waals surface area contributed by atoms with Crippen molar-refractivity contribution in [3.8, 4) is 17.2 Å². The van der Waals surface area contributed by atoms with Crippen LogP contribution in [0.4, 0.5) is 5.69 Å². The molecule has 1 heterocycles. The number of hydrogen-bond acceptors (Lipinski definition) is 5. The zero-order valence-corrected chi connectivity index (χ0v) is 21.6. The van der Waals surface area contributed by atoms with E-state index in [0.29, 0.717) is 42.9 Å². The molecule has 1 aliphatic heterocycles. The van der Waals surface area contributed by atoms with Crippen LogP contribution in [0.5, 0.6) is 17.2 Å². The van der Waals surface area contributed by atoms with Gasteiger partial charge >= 0.3 is 0 Å². The van der Waals surface area contributed by atoms with E-state index in [-0.39, 0.29) is 5.91 Å². The van der Waals surface area contributed by atoms with Crippen LogP contribution in [0, 0.1) is 0 Å². The summed E-state index contributed by atoms with van der Waals surface area (Å²) >= 11 is 20.4. The summed E-state index contributed by atoms with van der Waals surface area (Å²) in [5.74, 6) is 1.20. The number of carbonyl (C=O) groups is 1. The number of hydrogen-bond donors (Lipinski definition) is 0. The van der Waals surface area contributed by atoms with E-state index in [1.165, 1.54) is 24.9 Å². The summed E-state index contributed by atoms with van der Waals surface area (Å²) in [5, 5.41) is 0.426. The fourth-order valence-electron chi connectivity index (χ4n) is 3.64. The van der Waals surface area contributed by atoms with Gasteiger partial charge in [-0.25, -0.2) is 0 Å². The van der Waals surface area contributed by atoms with Crippen LogP contribution in [0.3, 0.4) is 0 Å². The molecular formula is C25H20Cl3NO4S. The number of carbonyl (C=O) groups excluding carboxylic acids is 1. The van der Waals surface area contributed by atoms with Gasteiger partial charge in [0.25, 0.3) is 5.91 Å². The molecule has 0 radical (unpaired) electrons. The summed E-state index contributed by atoms with van der Waals surface area (Å²) in [5.41, 5.74) is 2.11. The molecule has 176 valence electrons. The zero-order valence-electron chi connectivity index (χ0n) is 18.5. The molecule has 9 heteroatoms. The van der Waals surface area contributed by atoms with Crippen molar-refractivity contribution in [2.24, 2.45) is 0 Å². The minimum Gasteiger partial charge on any atom is -0.493 e. The second-order valence-electron chi connectivity index (χ2n) is 7.24. The molecule has 0 saturated carbocycles. The predicted octanol–water partition coefficient (Wildman–Crippen LogP) is 7.49. The summed E-state index contributed by atoms with van der Waals surface area (Å²) in [6, 6.07) is 16.4. The van der Waals surface area contributed by atoms with Crippen molar-refractivity contribution < 1.29 is 19.0 Å². The van der Waals surface area contributed by atoms with Gasteiger partial charge in [0.05, 0.1) is 47.0 Å². The van der Waals surface area contributed by atoms with E-state index in [1.54, 1.807) is 25.2 Å². The number of anilines is 1. The summed E-state index contributed by atoms with van der Waals surface area (Å²) in [6.07, 6.45) is 1.85. The van der Waals surface area contributed by atoms with Gasteiger partial charge in [-0.1, -0.05) is 76.9 Å². The molecule has 5 nitrogen and oxygen atoms in total. The lowest BCUT2D eigenvalue weighted by Gasteiger charge is -2.26. The highest BCUT2D eigenvalue weighted by Crippen LogP contribution is 2.53. The van der Waals surface area contributed by atoms with Crippen molar-refractivity contribution in [1.82, 2.24) is 0 Å². The van der Waals surface area contributed by atoms with Crippen molar-refractivity contribution in [1.29, 1.82) is 0 Å². The molecule has 1 unspecified atom stereocenters. The Morgan fingerprint density at radius 1 is 0.853 bits per heavy atom. The number of nitrogens with zero attached hydrogens (tertiary/aromatic N) is 1. The Balaban J connectivity index is 1.89. The molecule has 0 spiro atoms. The Labute approximate surface area is 217 Å². The average Bonchev–Trinajstić information content (AvgIpc) is 3.16. The Morgan fingerprint density at radius 3 is 2.06 bits per heavy atom. The van der Waals surface area contributed by atoms with Crippen LogP contribution in [-0.2, 0) is 4.79 Å². The van der Waals surface area contributed by atoms with E-state index in [2.05, 4.69) is 0 Å². The first-order valence-corrected chi connectivity index (χ1v) is 12.1. The number of rotatable bonds is 6. The van der Waals surface area contributed by atoms with Gasteiger partial charge in [-0.3, -0.25) is 9.69 Å². The third kappa shape index (κ3) is 4.68. The number of amides is 1. The van der Waals surface area contributed by atoms with Gasteiger partial charge in [0, 0.05) is 0 Å². The average molecular weight is 537 g/mol. The highest BCUT2D eigenvalue weighted by Gasteiger charge is 2.40. The third-order valence-corrected chi connectivity index (χ3v) is 7.50. The molecule has 0 aromatic heterocycles. The molecule has 1 fully saturated rings. The van der Waals surface area contributed by atoms with Crippen LogP contribution in [0.1, 0.15) is 16.5 Å². The van der Waals surface area contributed by atoms with Gasteiger partial charge in [0.1, 0.15) is 5.37 Å². The molecule has 1 aliphatic rings. The smallest absolute Gasteiger partial charge is 0.266 e. The van der Waals surface area contributed by atoms with Crippen LogP contribution in [0.25, 0.3) is 6.08 Å². The largest absolute Gasteiger partial charge is 0.493 e. The molecule has 0 aliphatic carbocycles. The number of ether oxygens (including phenoxy) is 3. The zero-order chi connectivity index (χ0) is 24.4. The van der Waals surface area contributed by atoms with Crippen LogP contribution in [-0.4, -0.2) is 27.2 Å². The van der Waals surface area contributed by atoms with Crippen LogP contribution < -0.4 is 19.1 Å². The Hall–Kier alpha value is -2.51. The first-order valence-electron chi connectivity index (χ1n) is 10.1. The number of benzene rings is 3. The van der Waals surface area contributed by atoms with E-state index in [9.17, 15) is 4.79 Å². The molecule has 1 amide bonds. The molecule has 0 N–H and O–H groups in total. The molecular weight excluding hydrogens is 517 g/mol. The SMILES string of the molecule is COc1cc(C2S/C(=C\c3ccccc3)C(=O)N2c2cc(Cl)c(Cl)cc2Cl)cc(OC)c1OC. The molecule has 3 aromatic rings. The van der Waals surface area contributed by atoms with Crippen molar-refractivity contribution in [3.05, 3.63) is 85.7 Å². The van der Waals surface area contributed by atoms with E-state index < -0.39 is 5.37 Å². The summed E-state index contributed by atoms with van der Waals surface area (Å²) in [7, 11) is 4.63. The van der Waals surface area contributed by atoms with Gasteiger partial charge in [0.15, 0.2) is 11.5 Å². The first kappa shape index (κ1) is 24.6. The highest BCUT2D eigenvalue weighted by atomic mass is 35.5. The number of methoxy groups -OCH3 is 3. The normalized spacial score (nSPS) is 16.8. The quantitative estimate of drug-likeness (QED) is 0.241. The van der Waals surface area contributed by atoms with Crippen LogP contribution in [0.2, 0.25) is 15.1 Å². The lowest BCUT2D eigenvalue weighted by atomic mass is 10.1. The van der Waals surface area contributed by atoms with Gasteiger partial charge in [-0.2, -0.15) is 0 Å². The number of halogens is 3. The van der Waals surface area contributed by atoms with Gasteiger partial charge in [0.2, 0.25) is 5.75 Å². The second-order valence-corrected chi connectivity index (χ2v) is 9.58. The molecule has 34 heavy (non-hydrogen) atoms. The molecule has 4 rings (SSSR count). The lowest BCUT2D eigenvalue weighted by Crippen LogP contribution is -2.27. The van der Waals surface area contributed by atoms with Crippen LogP contribution in [0.15, 0.2) is 59.5 Å². The molecule has 0 bridgehead atoms. The maximum absolute atomic E-state index is 13.7. The number of thioether (sulfide) groups is 1. The Bertz CT molecular complexity index is 1240. The van der Waals surface area contributed by atoms with Gasteiger partial charge in [-0.05, 0) is 41.5 Å². The van der Waals surface area contributed by atoms with Crippen molar-refractivity contribution >= 4 is 64.2 Å². The molecule has 1 saturated heterocycles. The minimum absolute atomic E-state index is 0.215. The van der Waals surface area contributed by atoms with Crippen LogP contribution >= 0.6 is 46.6 Å². The third-order valence-electron chi connectivity index (χ3n) is 5.22. The van der Waals surface area contributed by atoms with E-state index in [4.69, 9.17) is 49.0 Å². The minimum atomic E-state index is -0.481. The monoisotopic (exact) mass is 535 g/mol. The fourth-order valence-corrected chi connectivity index (χ4v) is 5.50. The van der Waals surface area contributed by atoms with E-state index in [1.807, 2.05) is 48.5 Å². The lowest BCUT2D eigenvalue weighted by molar-refractivity contribution is -0.114.